The first-order valence-electron chi connectivity index (χ1n) is 13.9. The van der Waals surface area contributed by atoms with E-state index in [1.54, 1.807) is 33.9 Å². The molecule has 1 aliphatic heterocycles. The average molecular weight is 540 g/mol. The van der Waals surface area contributed by atoms with Crippen LogP contribution in [0.25, 0.3) is 0 Å². The maximum Gasteiger partial charge on any atom is 0.343 e. The topological polar surface area (TPSA) is 94.1 Å². The van der Waals surface area contributed by atoms with Crippen molar-refractivity contribution in [2.24, 2.45) is 34.5 Å². The molecule has 6 rings (SSSR count). The summed E-state index contributed by atoms with van der Waals surface area (Å²) in [5.74, 6) is -2.98. The van der Waals surface area contributed by atoms with E-state index in [1.807, 2.05) is 19.1 Å². The number of ketones is 1. The van der Waals surface area contributed by atoms with Crippen molar-refractivity contribution in [3.63, 3.8) is 0 Å². The van der Waals surface area contributed by atoms with E-state index in [0.717, 1.165) is 6.42 Å². The Labute approximate surface area is 228 Å². The van der Waals surface area contributed by atoms with Gasteiger partial charge in [0.1, 0.15) is 17.5 Å². The molecular formula is C31H38FNO6. The van der Waals surface area contributed by atoms with Crippen molar-refractivity contribution in [1.82, 2.24) is 0 Å². The number of esters is 1. The van der Waals surface area contributed by atoms with Crippen LogP contribution in [0.5, 0.6) is 0 Å². The molecule has 1 aromatic rings. The van der Waals surface area contributed by atoms with Crippen LogP contribution in [0.1, 0.15) is 58.3 Å². The summed E-state index contributed by atoms with van der Waals surface area (Å²) >= 11 is 0. The second kappa shape index (κ2) is 8.24. The number of carbonyl (C=O) groups is 2. The summed E-state index contributed by atoms with van der Waals surface area (Å²) in [6.07, 6.45) is 2.34. The van der Waals surface area contributed by atoms with Gasteiger partial charge in [0, 0.05) is 13.0 Å². The number of hydrogen-bond donors (Lipinski definition) is 2. The van der Waals surface area contributed by atoms with Crippen LogP contribution in [0, 0.1) is 40.3 Å². The standard InChI is InChI=1S/C31H38FNO6/c1-15-13-30-16(2)11-19-23(28(19,3)4)18(24(30)34)12-17-14-37-29(5,6)39-26(17)31(30,36)25(15)38-27(35)22-20(32)9-8-10-21(22)33-7/h8-10,12-13,16,18-19,23,25-26,33,36H,11,14H2,1-7H3/t16-,18+,19-,23+,25+,26-,30+,31-/m1/s1. The van der Waals surface area contributed by atoms with Gasteiger partial charge in [-0.25, -0.2) is 9.18 Å². The third-order valence-corrected chi connectivity index (χ3v) is 10.4. The highest BCUT2D eigenvalue weighted by atomic mass is 19.1. The van der Waals surface area contributed by atoms with Gasteiger partial charge in [0.15, 0.2) is 23.3 Å². The van der Waals surface area contributed by atoms with Crippen molar-refractivity contribution in [2.45, 2.75) is 71.6 Å². The molecule has 2 N–H and O–H groups in total. The van der Waals surface area contributed by atoms with Crippen molar-refractivity contribution in [1.29, 1.82) is 0 Å². The first-order chi connectivity index (χ1) is 18.2. The molecule has 1 spiro atoms. The minimum absolute atomic E-state index is 0.00151. The number of fused-ring (bicyclic) bond motifs is 5. The zero-order chi connectivity index (χ0) is 28.3. The molecule has 2 bridgehead atoms. The smallest absolute Gasteiger partial charge is 0.343 e. The summed E-state index contributed by atoms with van der Waals surface area (Å²) < 4.78 is 33.4. The minimum atomic E-state index is -1.95. The fraction of sp³-hybridized carbons (Fsp3) is 0.613. The molecule has 8 heteroatoms. The lowest BCUT2D eigenvalue weighted by atomic mass is 9.59. The molecule has 4 aliphatic carbocycles. The summed E-state index contributed by atoms with van der Waals surface area (Å²) in [4.78, 5) is 28.3. The number of aliphatic hydroxyl groups is 1. The van der Waals surface area contributed by atoms with Crippen molar-refractivity contribution in [2.75, 3.05) is 19.0 Å². The Kier molecular flexibility index (Phi) is 5.63. The van der Waals surface area contributed by atoms with Crippen molar-refractivity contribution in [3.05, 3.63) is 52.9 Å². The monoisotopic (exact) mass is 539 g/mol. The van der Waals surface area contributed by atoms with Gasteiger partial charge in [0.05, 0.1) is 17.7 Å². The molecule has 5 aliphatic rings. The quantitative estimate of drug-likeness (QED) is 0.426. The van der Waals surface area contributed by atoms with E-state index in [9.17, 15) is 19.1 Å². The number of halogens is 1. The Hall–Kier alpha value is -2.55. The van der Waals surface area contributed by atoms with E-state index in [2.05, 4.69) is 19.2 Å². The fourth-order valence-corrected chi connectivity index (χ4v) is 8.41. The number of nitrogens with one attached hydrogen (secondary N) is 1. The molecular weight excluding hydrogens is 501 g/mol. The highest BCUT2D eigenvalue weighted by molar-refractivity contribution is 5.98. The molecule has 1 saturated heterocycles. The average Bonchev–Trinajstić information content (AvgIpc) is 3.36. The number of ether oxygens (including phenoxy) is 3. The van der Waals surface area contributed by atoms with Gasteiger partial charge in [0.2, 0.25) is 0 Å². The van der Waals surface area contributed by atoms with Crippen LogP contribution in [0.15, 0.2) is 41.5 Å². The van der Waals surface area contributed by atoms with E-state index in [1.165, 1.54) is 12.1 Å². The van der Waals surface area contributed by atoms with Crippen LogP contribution in [0.3, 0.4) is 0 Å². The van der Waals surface area contributed by atoms with Gasteiger partial charge in [-0.05, 0) is 73.6 Å². The van der Waals surface area contributed by atoms with Crippen LogP contribution in [0.4, 0.5) is 10.1 Å². The van der Waals surface area contributed by atoms with Crippen LogP contribution < -0.4 is 5.32 Å². The second-order valence-corrected chi connectivity index (χ2v) is 13.2. The molecule has 0 amide bonds. The number of allylic oxidation sites excluding steroid dienone is 1. The lowest BCUT2D eigenvalue weighted by Crippen LogP contribution is -2.68. The molecule has 1 heterocycles. The molecule has 8 atom stereocenters. The fourth-order valence-electron chi connectivity index (χ4n) is 8.41. The Morgan fingerprint density at radius 2 is 1.95 bits per heavy atom. The molecule has 1 aromatic carbocycles. The molecule has 7 nitrogen and oxygen atoms in total. The number of anilines is 1. The number of Topliss-reactive ketones (excluding diaryl/α,β-unsaturated/α-hetero) is 1. The maximum atomic E-state index is 14.9. The zero-order valence-electron chi connectivity index (χ0n) is 23.6. The van der Waals surface area contributed by atoms with E-state index >= 15 is 0 Å². The predicted molar refractivity (Wildman–Crippen MR) is 142 cm³/mol. The lowest BCUT2D eigenvalue weighted by molar-refractivity contribution is -0.302. The van der Waals surface area contributed by atoms with Crippen molar-refractivity contribution < 1.29 is 33.3 Å². The van der Waals surface area contributed by atoms with Crippen LogP contribution in [-0.2, 0) is 19.0 Å². The molecule has 210 valence electrons. The van der Waals surface area contributed by atoms with Crippen molar-refractivity contribution in [3.8, 4) is 0 Å². The second-order valence-electron chi connectivity index (χ2n) is 13.2. The predicted octanol–water partition coefficient (Wildman–Crippen LogP) is 4.66. The molecule has 0 aromatic heterocycles. The van der Waals surface area contributed by atoms with Crippen LogP contribution in [-0.4, -0.2) is 54.1 Å². The first-order valence-corrected chi connectivity index (χ1v) is 13.9. The van der Waals surface area contributed by atoms with Crippen LogP contribution >= 0.6 is 0 Å². The molecule has 0 unspecified atom stereocenters. The number of carbonyl (C=O) groups excluding carboxylic acids is 2. The molecule has 2 saturated carbocycles. The van der Waals surface area contributed by atoms with E-state index in [4.69, 9.17) is 14.2 Å². The van der Waals surface area contributed by atoms with Gasteiger partial charge in [-0.1, -0.05) is 39.0 Å². The third-order valence-electron chi connectivity index (χ3n) is 10.4. The van der Waals surface area contributed by atoms with Gasteiger partial charge in [-0.15, -0.1) is 0 Å². The van der Waals surface area contributed by atoms with Crippen molar-refractivity contribution >= 4 is 17.4 Å². The Balaban J connectivity index is 1.52. The molecule has 39 heavy (non-hydrogen) atoms. The van der Waals surface area contributed by atoms with E-state index in [-0.39, 0.29) is 40.9 Å². The highest BCUT2D eigenvalue weighted by Gasteiger charge is 2.77. The van der Waals surface area contributed by atoms with Gasteiger partial charge >= 0.3 is 5.97 Å². The van der Waals surface area contributed by atoms with Gasteiger partial charge in [-0.3, -0.25) is 4.79 Å². The Bertz CT molecular complexity index is 1330. The Morgan fingerprint density at radius 3 is 2.64 bits per heavy atom. The van der Waals surface area contributed by atoms with Gasteiger partial charge < -0.3 is 24.6 Å². The van der Waals surface area contributed by atoms with E-state index in [0.29, 0.717) is 17.1 Å². The third kappa shape index (κ3) is 3.37. The minimum Gasteiger partial charge on any atom is -0.451 e. The van der Waals surface area contributed by atoms with Gasteiger partial charge in [-0.2, -0.15) is 0 Å². The SMILES string of the molecule is CNc1cccc(F)c1C(=O)O[C@H]1C(C)=C[C@]23C(=O)[C@@H](C=C4COC(C)(C)O[C@H]4[C@]12O)[C@H]1[C@@H](C[C@H]3C)C1(C)C. The summed E-state index contributed by atoms with van der Waals surface area (Å²) in [5.41, 5.74) is -2.05. The highest BCUT2D eigenvalue weighted by Crippen LogP contribution is 2.72. The number of hydrogen-bond acceptors (Lipinski definition) is 7. The maximum absolute atomic E-state index is 14.9. The summed E-state index contributed by atoms with van der Waals surface area (Å²) in [7, 11) is 1.59. The largest absolute Gasteiger partial charge is 0.451 e. The summed E-state index contributed by atoms with van der Waals surface area (Å²) in [5, 5.41) is 15.9. The summed E-state index contributed by atoms with van der Waals surface area (Å²) in [6.45, 7) is 11.9. The summed E-state index contributed by atoms with van der Waals surface area (Å²) in [6, 6.07) is 4.27. The first kappa shape index (κ1) is 26.7. The normalized spacial score (nSPS) is 41.1. The van der Waals surface area contributed by atoms with Crippen LogP contribution in [0.2, 0.25) is 0 Å². The molecule has 0 radical (unpaired) electrons. The number of benzene rings is 1. The van der Waals surface area contributed by atoms with Gasteiger partial charge in [0.25, 0.3) is 0 Å². The Morgan fingerprint density at radius 1 is 1.23 bits per heavy atom. The number of rotatable bonds is 3. The van der Waals surface area contributed by atoms with E-state index < -0.39 is 46.7 Å². The molecule has 3 fully saturated rings. The zero-order valence-corrected chi connectivity index (χ0v) is 23.6. The lowest BCUT2D eigenvalue weighted by Gasteiger charge is -2.52.